The Morgan fingerprint density at radius 2 is 0.458 bits per heavy atom. The summed E-state index contributed by atoms with van der Waals surface area (Å²) in [4.78, 5) is 0. The SMILES string of the molecule is [2H]c1c([2H])c([2H])c2c(-c3ccc4c5cc6c(cc5n5c7ccc(C(C)(C)C)cc7c3c45)c3ccc(-c4c([2H])c([2H])c([2H])c5c([2H])c([2H])c([2H])c([2H])c45)c4c5cc(C(C)(C)C)ccc5n6c34)c([2H])c([2H])c([2H])c2c1[2H].[2H]c1c([2H])c([2H])c2c([2H])c(-c3ccc4c5cc6c(cc5n5c7ccc(C(C)(C)C)cc7c3c45)c3ccc(-c4c([2H])c([2H])c5c([2H])c([2H])c([2H])c([2H])c5c4[2H])c4c5cc(C(C)(C)C)ccc5n6c34)c([2H])c([2H])c2c1[2H]. The number of aromatic nitrogens is 4. The van der Waals surface area contributed by atoms with Gasteiger partial charge < -0.3 is 17.6 Å². The van der Waals surface area contributed by atoms with Gasteiger partial charge in [0.2, 0.25) is 0 Å². The van der Waals surface area contributed by atoms with Gasteiger partial charge in [0, 0.05) is 86.2 Å². The minimum atomic E-state index is -0.522. The Bertz CT molecular complexity index is 10200. The maximum atomic E-state index is 9.61. The predicted octanol–water partition coefficient (Wildman–Crippen LogP) is 32.4. The monoisotopic (exact) mass is 1560 g/mol. The van der Waals surface area contributed by atoms with Crippen LogP contribution in [0.1, 0.15) is 144 Å². The number of benzene rings is 18. The molecule has 0 bridgehead atoms. The molecule has 0 amide bonds. The Balaban J connectivity index is 0.000000154. The van der Waals surface area contributed by atoms with Crippen LogP contribution in [0.25, 0.3) is 240 Å². The quantitative estimate of drug-likeness (QED) is 0.167. The fourth-order valence-corrected chi connectivity index (χ4v) is 19.8. The summed E-state index contributed by atoms with van der Waals surface area (Å²) in [6, 6.07) is 37.9. The van der Waals surface area contributed by atoms with Crippen molar-refractivity contribution in [2.75, 3.05) is 0 Å². The van der Waals surface area contributed by atoms with Crippen molar-refractivity contribution in [1.29, 1.82) is 0 Å². The van der Waals surface area contributed by atoms with Gasteiger partial charge >= 0.3 is 0 Å². The molecule has 0 aliphatic heterocycles. The summed E-state index contributed by atoms with van der Waals surface area (Å²) in [5.74, 6) is 0. The number of hydrogen-bond donors (Lipinski definition) is 0. The summed E-state index contributed by atoms with van der Waals surface area (Å²) in [6.07, 6.45) is 0. The summed E-state index contributed by atoms with van der Waals surface area (Å²) in [7, 11) is 0. The van der Waals surface area contributed by atoms with Crippen LogP contribution < -0.4 is 0 Å². The van der Waals surface area contributed by atoms with Crippen LogP contribution in [0.15, 0.2) is 315 Å². The molecule has 8 aromatic heterocycles. The molecule has 0 fully saturated rings. The summed E-state index contributed by atoms with van der Waals surface area (Å²) in [6.45, 7) is 25.6. The Morgan fingerprint density at radius 1 is 0.192 bits per heavy atom. The van der Waals surface area contributed by atoms with E-state index in [9.17, 15) is 13.7 Å². The molecule has 120 heavy (non-hydrogen) atoms. The molecule has 18 aromatic carbocycles. The van der Waals surface area contributed by atoms with Crippen LogP contribution in [-0.2, 0) is 21.7 Å². The smallest absolute Gasteiger partial charge is 0.0636 e. The fourth-order valence-electron chi connectivity index (χ4n) is 19.8. The van der Waals surface area contributed by atoms with E-state index in [4.69, 9.17) is 24.7 Å². The molecule has 4 nitrogen and oxygen atoms in total. The van der Waals surface area contributed by atoms with Crippen LogP contribution >= 0.6 is 0 Å². The Kier molecular flexibility index (Phi) is 9.39. The topological polar surface area (TPSA) is 17.6 Å². The number of nitrogens with zero attached hydrogens (tertiary/aromatic N) is 4. The van der Waals surface area contributed by atoms with Gasteiger partial charge in [-0.25, -0.2) is 0 Å². The molecule has 0 unspecified atom stereocenters. The minimum absolute atomic E-state index is 0.0224. The van der Waals surface area contributed by atoms with Crippen LogP contribution in [0.4, 0.5) is 0 Å². The molecule has 0 spiro atoms. The molecular weight excluding hydrogens is 1450 g/mol. The van der Waals surface area contributed by atoms with Crippen LogP contribution in [0.3, 0.4) is 0 Å². The number of rotatable bonds is 4. The van der Waals surface area contributed by atoms with E-state index in [1.54, 1.807) is 0 Å². The second-order valence-corrected chi connectivity index (χ2v) is 36.6. The molecule has 0 aliphatic carbocycles. The second kappa shape index (κ2) is 24.0. The third-order valence-corrected chi connectivity index (χ3v) is 25.7. The van der Waals surface area contributed by atoms with E-state index in [-0.39, 0.29) is 147 Å². The summed E-state index contributed by atoms with van der Waals surface area (Å²) < 4.78 is 259. The zero-order valence-corrected chi connectivity index (χ0v) is 67.6. The molecule has 0 N–H and O–H groups in total. The third-order valence-electron chi connectivity index (χ3n) is 25.7. The van der Waals surface area contributed by atoms with E-state index in [0.29, 0.717) is 22.3 Å². The summed E-state index contributed by atoms with van der Waals surface area (Å²) in [5, 5.41) is 12.9. The largest absolute Gasteiger partial charge is 0.308 e. The molecule has 0 saturated carbocycles. The van der Waals surface area contributed by atoms with Gasteiger partial charge in [-0.3, -0.25) is 0 Å². The van der Waals surface area contributed by atoms with Crippen molar-refractivity contribution in [3.05, 3.63) is 337 Å². The Hall–Kier alpha value is -13.8. The molecule has 0 aliphatic rings. The molecule has 572 valence electrons. The summed E-state index contributed by atoms with van der Waals surface area (Å²) >= 11 is 0. The van der Waals surface area contributed by atoms with E-state index in [1.807, 2.05) is 48.5 Å². The van der Waals surface area contributed by atoms with Crippen molar-refractivity contribution in [2.24, 2.45) is 0 Å². The molecule has 4 heteroatoms. The highest BCUT2D eigenvalue weighted by molar-refractivity contribution is 6.35. The highest BCUT2D eigenvalue weighted by atomic mass is 15.0. The van der Waals surface area contributed by atoms with Gasteiger partial charge in [0.1, 0.15) is 0 Å². The van der Waals surface area contributed by atoms with Crippen molar-refractivity contribution in [2.45, 2.75) is 105 Å². The molecule has 0 saturated heterocycles. The standard InChI is InChI=1S/2C58H44N2/c1-57(2,3)35-21-27-49-47(29-35)53-41(39-19-11-15-33-13-7-9-17-37(33)39)23-25-43-45-32-52-46(31-51(45)59(49)55(43)53)44-26-24-42(40-20-12-16-34-14-8-10-18-38(34)40)54-48-30-36(58(4,5)6)22-28-50(48)60(52)56(44)54;1-57(2,3)39-19-25-49-47(29-39)53-41(37-17-15-33-11-7-9-13-35(33)27-37)21-23-43-45-32-52-46(31-51(45)59(49)55(43)53)44-24-22-42(38-18-16-34-12-8-10-14-36(34)28-38)54-48-30-40(58(4,5)6)20-26-50(48)60(52)56(44)54/h2*7-32H,1-6H3/i7D,8D,9D,10D,11D,12D,13D,14D,15D,16D,17D,18D,19D,20D;7D,8D,9D,10D,11D,12D,13D,14D,15D,16D,17D,18D,27D,28D. The lowest BCUT2D eigenvalue weighted by atomic mass is 9.85. The number of fused-ring (bicyclic) bond motifs is 28. The van der Waals surface area contributed by atoms with Gasteiger partial charge in [0.15, 0.2) is 0 Å². The van der Waals surface area contributed by atoms with E-state index in [0.717, 1.165) is 175 Å². The molecule has 8 heterocycles. The first kappa shape index (κ1) is 47.0. The van der Waals surface area contributed by atoms with Crippen molar-refractivity contribution < 1.29 is 38.4 Å². The van der Waals surface area contributed by atoms with Crippen molar-refractivity contribution >= 4 is 195 Å². The summed E-state index contributed by atoms with van der Waals surface area (Å²) in [5.41, 5.74) is 16.1. The Morgan fingerprint density at radius 3 is 0.767 bits per heavy atom. The van der Waals surface area contributed by atoms with Gasteiger partial charge in [-0.2, -0.15) is 0 Å². The fraction of sp³-hybridized carbons (Fsp3) is 0.138. The predicted molar refractivity (Wildman–Crippen MR) is 518 cm³/mol. The molecule has 26 rings (SSSR count). The van der Waals surface area contributed by atoms with E-state index in [1.165, 1.54) is 0 Å². The van der Waals surface area contributed by atoms with E-state index >= 15 is 0 Å². The lowest BCUT2D eigenvalue weighted by Gasteiger charge is -2.19. The maximum absolute atomic E-state index is 9.61. The molecular formula is C116H88N4. The van der Waals surface area contributed by atoms with Crippen molar-refractivity contribution in [3.63, 3.8) is 0 Å². The highest BCUT2D eigenvalue weighted by Crippen LogP contribution is 2.54. The van der Waals surface area contributed by atoms with Gasteiger partial charge in [-0.05, 0) is 216 Å². The first-order valence-corrected chi connectivity index (χ1v) is 40.6. The maximum Gasteiger partial charge on any atom is 0.0636 e. The van der Waals surface area contributed by atoms with Crippen LogP contribution in [0.2, 0.25) is 0 Å². The van der Waals surface area contributed by atoms with Crippen LogP contribution in [0.5, 0.6) is 0 Å². The number of hydrogen-bond acceptors (Lipinski definition) is 0. The average Bonchev–Trinajstić information content (AvgIpc) is 1.51. The first-order chi connectivity index (χ1) is 69.7. The van der Waals surface area contributed by atoms with Gasteiger partial charge in [-0.15, -0.1) is 0 Å². The van der Waals surface area contributed by atoms with Gasteiger partial charge in [0.05, 0.1) is 105 Å². The van der Waals surface area contributed by atoms with Crippen molar-refractivity contribution in [3.8, 4) is 44.5 Å². The molecule has 0 radical (unpaired) electrons. The first-order valence-electron chi connectivity index (χ1n) is 54.6. The van der Waals surface area contributed by atoms with Crippen molar-refractivity contribution in [1.82, 2.24) is 17.6 Å². The van der Waals surface area contributed by atoms with Crippen LogP contribution in [0, 0.1) is 0 Å². The van der Waals surface area contributed by atoms with Gasteiger partial charge in [0.25, 0.3) is 0 Å². The zero-order valence-electron chi connectivity index (χ0n) is 95.6. The van der Waals surface area contributed by atoms with Crippen LogP contribution in [-0.4, -0.2) is 17.6 Å². The highest BCUT2D eigenvalue weighted by Gasteiger charge is 2.32. The van der Waals surface area contributed by atoms with E-state index < -0.39 is 109 Å². The molecule has 0 atom stereocenters. The lowest BCUT2D eigenvalue weighted by molar-refractivity contribution is 0.591. The zero-order chi connectivity index (χ0) is 105. The minimum Gasteiger partial charge on any atom is -0.308 e. The Labute approximate surface area is 734 Å². The van der Waals surface area contributed by atoms with Gasteiger partial charge in [-0.1, -0.05) is 313 Å². The van der Waals surface area contributed by atoms with E-state index in [2.05, 4.69) is 198 Å². The third kappa shape index (κ3) is 9.59. The lowest BCUT2D eigenvalue weighted by Crippen LogP contribution is -2.10. The molecule has 26 aromatic rings. The normalized spacial score (nSPS) is 16.4. The second-order valence-electron chi connectivity index (χ2n) is 36.6. The average molecular weight is 1570 g/mol.